The van der Waals surface area contributed by atoms with Crippen molar-refractivity contribution in [2.24, 2.45) is 0 Å². The number of aromatic amines is 1. The molecule has 0 saturated heterocycles. The van der Waals surface area contributed by atoms with Crippen LogP contribution in [0.25, 0.3) is 10.9 Å². The van der Waals surface area contributed by atoms with E-state index in [4.69, 9.17) is 11.6 Å². The maximum absolute atomic E-state index is 5.76. The highest BCUT2D eigenvalue weighted by Gasteiger charge is 1.92. The molecule has 0 spiro atoms. The van der Waals surface area contributed by atoms with Crippen molar-refractivity contribution in [2.45, 2.75) is 13.8 Å². The molecule has 1 nitrogen and oxygen atoms in total. The van der Waals surface area contributed by atoms with Crippen molar-refractivity contribution >= 4 is 22.5 Å². The maximum atomic E-state index is 5.76. The maximum Gasteiger partial charge on any atom is 0.0454 e. The zero-order valence-corrected chi connectivity index (χ0v) is 8.02. The number of H-pyrrole nitrogens is 1. The molecule has 2 heteroatoms. The Morgan fingerprint density at radius 2 is 1.92 bits per heavy atom. The van der Waals surface area contributed by atoms with E-state index in [1.165, 1.54) is 0 Å². The predicted octanol–water partition coefficient (Wildman–Crippen LogP) is 3.85. The highest BCUT2D eigenvalue weighted by Crippen LogP contribution is 2.17. The molecule has 2 aromatic rings. The van der Waals surface area contributed by atoms with Crippen LogP contribution in [0.3, 0.4) is 0 Å². The summed E-state index contributed by atoms with van der Waals surface area (Å²) in [4.78, 5) is 3.09. The van der Waals surface area contributed by atoms with Gasteiger partial charge in [0.2, 0.25) is 0 Å². The predicted molar refractivity (Wildman–Crippen MR) is 54.7 cm³/mol. The Morgan fingerprint density at radius 1 is 1.17 bits per heavy atom. The topological polar surface area (TPSA) is 15.8 Å². The molecular formula is C10H12ClN. The molecule has 0 unspecified atom stereocenters. The molecular weight excluding hydrogens is 170 g/mol. The fourth-order valence-electron chi connectivity index (χ4n) is 1.02. The van der Waals surface area contributed by atoms with Crippen LogP contribution in [0.5, 0.6) is 0 Å². The normalized spacial score (nSPS) is 9.25. The third kappa shape index (κ3) is 1.80. The van der Waals surface area contributed by atoms with Crippen LogP contribution in [0, 0.1) is 0 Å². The summed E-state index contributed by atoms with van der Waals surface area (Å²) in [6.45, 7) is 4.00. The summed E-state index contributed by atoms with van der Waals surface area (Å²) in [5.41, 5.74) is 1.13. The van der Waals surface area contributed by atoms with Crippen LogP contribution < -0.4 is 0 Å². The number of nitrogens with one attached hydrogen (secondary N) is 1. The van der Waals surface area contributed by atoms with Gasteiger partial charge in [0.1, 0.15) is 0 Å². The Hall–Kier alpha value is -0.950. The average molecular weight is 182 g/mol. The number of hydrogen-bond acceptors (Lipinski definition) is 0. The lowest BCUT2D eigenvalue weighted by Crippen LogP contribution is -1.65. The third-order valence-corrected chi connectivity index (χ3v) is 1.75. The lowest BCUT2D eigenvalue weighted by molar-refractivity contribution is 1.48. The lowest BCUT2D eigenvalue weighted by Gasteiger charge is -1.88. The molecule has 0 atom stereocenters. The standard InChI is InChI=1S/C8H6ClN.C2H6/c9-7-1-2-8-6(5-7)3-4-10-8;1-2/h1-5,10H;1-2H3. The summed E-state index contributed by atoms with van der Waals surface area (Å²) in [5, 5.41) is 1.94. The smallest absolute Gasteiger partial charge is 0.0454 e. The molecule has 0 aliphatic heterocycles. The molecule has 2 rings (SSSR count). The van der Waals surface area contributed by atoms with Gasteiger partial charge in [-0.15, -0.1) is 0 Å². The van der Waals surface area contributed by atoms with Crippen molar-refractivity contribution < 1.29 is 0 Å². The van der Waals surface area contributed by atoms with Gasteiger partial charge in [-0.05, 0) is 24.3 Å². The van der Waals surface area contributed by atoms with Gasteiger partial charge in [-0.3, -0.25) is 0 Å². The quantitative estimate of drug-likeness (QED) is 0.636. The molecule has 0 aliphatic rings. The minimum atomic E-state index is 0.784. The Morgan fingerprint density at radius 3 is 2.67 bits per heavy atom. The van der Waals surface area contributed by atoms with Crippen molar-refractivity contribution in [1.29, 1.82) is 0 Å². The van der Waals surface area contributed by atoms with Gasteiger partial charge < -0.3 is 4.98 Å². The number of halogens is 1. The van der Waals surface area contributed by atoms with Crippen molar-refractivity contribution in [3.8, 4) is 0 Å². The summed E-state index contributed by atoms with van der Waals surface area (Å²) in [6.07, 6.45) is 1.90. The number of hydrogen-bond donors (Lipinski definition) is 1. The van der Waals surface area contributed by atoms with Gasteiger partial charge in [0.05, 0.1) is 0 Å². The molecule has 0 saturated carbocycles. The number of benzene rings is 1. The van der Waals surface area contributed by atoms with E-state index in [0.717, 1.165) is 15.9 Å². The van der Waals surface area contributed by atoms with Gasteiger partial charge in [0, 0.05) is 22.1 Å². The minimum absolute atomic E-state index is 0.784. The Labute approximate surface area is 77.4 Å². The largest absolute Gasteiger partial charge is 0.361 e. The zero-order chi connectivity index (χ0) is 8.97. The van der Waals surface area contributed by atoms with E-state index in [-0.39, 0.29) is 0 Å². The van der Waals surface area contributed by atoms with Gasteiger partial charge in [0.15, 0.2) is 0 Å². The Bertz CT molecular complexity index is 351. The van der Waals surface area contributed by atoms with E-state index in [9.17, 15) is 0 Å². The first-order valence-corrected chi connectivity index (χ1v) is 4.47. The summed E-state index contributed by atoms with van der Waals surface area (Å²) < 4.78 is 0. The van der Waals surface area contributed by atoms with Crippen LogP contribution in [0.4, 0.5) is 0 Å². The van der Waals surface area contributed by atoms with E-state index in [1.54, 1.807) is 0 Å². The van der Waals surface area contributed by atoms with E-state index in [1.807, 2.05) is 44.3 Å². The van der Waals surface area contributed by atoms with Crippen LogP contribution in [0.15, 0.2) is 30.5 Å². The second-order valence-corrected chi connectivity index (χ2v) is 2.65. The first kappa shape index (κ1) is 9.14. The third-order valence-electron chi connectivity index (χ3n) is 1.52. The van der Waals surface area contributed by atoms with Crippen molar-refractivity contribution in [1.82, 2.24) is 4.98 Å². The molecule has 1 heterocycles. The Kier molecular flexibility index (Phi) is 3.18. The summed E-state index contributed by atoms with van der Waals surface area (Å²) >= 11 is 5.76. The number of aromatic nitrogens is 1. The minimum Gasteiger partial charge on any atom is -0.361 e. The molecule has 0 amide bonds. The van der Waals surface area contributed by atoms with E-state index < -0.39 is 0 Å². The van der Waals surface area contributed by atoms with Crippen LogP contribution in [-0.2, 0) is 0 Å². The summed E-state index contributed by atoms with van der Waals surface area (Å²) in [6, 6.07) is 7.78. The van der Waals surface area contributed by atoms with Crippen molar-refractivity contribution in [2.75, 3.05) is 0 Å². The van der Waals surface area contributed by atoms with Gasteiger partial charge in [-0.25, -0.2) is 0 Å². The van der Waals surface area contributed by atoms with E-state index in [2.05, 4.69) is 4.98 Å². The first-order chi connectivity index (χ1) is 5.86. The van der Waals surface area contributed by atoms with Crippen LogP contribution in [0.2, 0.25) is 5.02 Å². The van der Waals surface area contributed by atoms with Crippen LogP contribution in [0.1, 0.15) is 13.8 Å². The number of fused-ring (bicyclic) bond motifs is 1. The fourth-order valence-corrected chi connectivity index (χ4v) is 1.20. The fraction of sp³-hybridized carbons (Fsp3) is 0.200. The SMILES string of the molecule is CC.Clc1ccc2[nH]ccc2c1. The van der Waals surface area contributed by atoms with Gasteiger partial charge >= 0.3 is 0 Å². The molecule has 0 aliphatic carbocycles. The summed E-state index contributed by atoms with van der Waals surface area (Å²) in [5.74, 6) is 0. The molecule has 64 valence electrons. The molecule has 1 N–H and O–H groups in total. The molecule has 1 aromatic carbocycles. The molecule has 1 aromatic heterocycles. The van der Waals surface area contributed by atoms with E-state index in [0.29, 0.717) is 0 Å². The van der Waals surface area contributed by atoms with Gasteiger partial charge in [-0.1, -0.05) is 25.4 Å². The monoisotopic (exact) mass is 181 g/mol. The van der Waals surface area contributed by atoms with E-state index >= 15 is 0 Å². The lowest BCUT2D eigenvalue weighted by atomic mass is 10.2. The Balaban J connectivity index is 0.000000336. The first-order valence-electron chi connectivity index (χ1n) is 4.09. The van der Waals surface area contributed by atoms with Gasteiger partial charge in [-0.2, -0.15) is 0 Å². The van der Waals surface area contributed by atoms with Gasteiger partial charge in [0.25, 0.3) is 0 Å². The highest BCUT2D eigenvalue weighted by atomic mass is 35.5. The molecule has 0 fully saturated rings. The summed E-state index contributed by atoms with van der Waals surface area (Å²) in [7, 11) is 0. The molecule has 12 heavy (non-hydrogen) atoms. The highest BCUT2D eigenvalue weighted by molar-refractivity contribution is 6.31. The van der Waals surface area contributed by atoms with Crippen LogP contribution >= 0.6 is 11.6 Å². The second kappa shape index (κ2) is 4.17. The zero-order valence-electron chi connectivity index (χ0n) is 7.26. The molecule has 0 bridgehead atoms. The average Bonchev–Trinajstić information content (AvgIpc) is 2.54. The molecule has 0 radical (unpaired) electrons. The van der Waals surface area contributed by atoms with Crippen molar-refractivity contribution in [3.63, 3.8) is 0 Å². The van der Waals surface area contributed by atoms with Crippen molar-refractivity contribution in [3.05, 3.63) is 35.5 Å². The van der Waals surface area contributed by atoms with Crippen LogP contribution in [-0.4, -0.2) is 4.98 Å². The second-order valence-electron chi connectivity index (χ2n) is 2.21. The number of rotatable bonds is 0.